The number of nitrogens with two attached hydrogens (primary N) is 2. The number of hydrogen-bond acceptors (Lipinski definition) is 6. The highest BCUT2D eigenvalue weighted by Crippen LogP contribution is 2.22. The van der Waals surface area contributed by atoms with Crippen molar-refractivity contribution < 1.29 is 16.8 Å². The zero-order chi connectivity index (χ0) is 15.7. The van der Waals surface area contributed by atoms with E-state index in [1.807, 2.05) is 0 Å². The Morgan fingerprint density at radius 1 is 0.952 bits per heavy atom. The maximum absolute atomic E-state index is 11.5. The summed E-state index contributed by atoms with van der Waals surface area (Å²) >= 11 is 0. The Kier molecular flexibility index (Phi) is 3.96. The van der Waals surface area contributed by atoms with Gasteiger partial charge in [0.05, 0.1) is 4.90 Å². The molecule has 2 rings (SSSR count). The lowest BCUT2D eigenvalue weighted by Gasteiger charge is -2.10. The van der Waals surface area contributed by atoms with Crippen LogP contribution >= 0.6 is 0 Å². The summed E-state index contributed by atoms with van der Waals surface area (Å²) < 4.78 is 45.5. The number of nitrogens with one attached hydrogen (secondary N) is 1. The van der Waals surface area contributed by atoms with Gasteiger partial charge < -0.3 is 5.32 Å². The van der Waals surface area contributed by atoms with Crippen LogP contribution < -0.4 is 15.6 Å². The minimum atomic E-state index is -3.96. The largest absolute Gasteiger partial charge is 0.339 e. The van der Waals surface area contributed by atoms with Gasteiger partial charge in [0.25, 0.3) is 0 Å². The molecule has 1 heterocycles. The van der Waals surface area contributed by atoms with Crippen molar-refractivity contribution in [2.75, 3.05) is 5.32 Å². The molecule has 21 heavy (non-hydrogen) atoms. The van der Waals surface area contributed by atoms with Crippen LogP contribution in [0, 0.1) is 0 Å². The van der Waals surface area contributed by atoms with Crippen molar-refractivity contribution in [3.05, 3.63) is 42.6 Å². The number of rotatable bonds is 4. The third-order valence-electron chi connectivity index (χ3n) is 2.50. The lowest BCUT2D eigenvalue weighted by atomic mass is 10.3. The molecule has 0 spiro atoms. The second-order valence-electron chi connectivity index (χ2n) is 4.09. The summed E-state index contributed by atoms with van der Waals surface area (Å²) in [4.78, 5) is 3.57. The summed E-state index contributed by atoms with van der Waals surface area (Å²) in [5, 5.41) is 12.8. The van der Waals surface area contributed by atoms with Crippen LogP contribution in [-0.4, -0.2) is 21.8 Å². The van der Waals surface area contributed by atoms with Gasteiger partial charge in [-0.05, 0) is 30.3 Å². The van der Waals surface area contributed by atoms with E-state index in [1.54, 1.807) is 0 Å². The lowest BCUT2D eigenvalue weighted by molar-refractivity contribution is 0.596. The molecule has 0 saturated heterocycles. The number of sulfonamides is 2. The van der Waals surface area contributed by atoms with Crippen molar-refractivity contribution in [2.24, 2.45) is 10.3 Å². The van der Waals surface area contributed by atoms with Gasteiger partial charge >= 0.3 is 0 Å². The average molecular weight is 328 g/mol. The molecule has 0 saturated carbocycles. The zero-order valence-corrected chi connectivity index (χ0v) is 12.2. The summed E-state index contributed by atoms with van der Waals surface area (Å²) in [5.74, 6) is -0.00781. The van der Waals surface area contributed by atoms with Crippen LogP contribution in [0.15, 0.2) is 52.4 Å². The topological polar surface area (TPSA) is 145 Å². The van der Waals surface area contributed by atoms with Gasteiger partial charge in [0.15, 0.2) is 5.82 Å². The Morgan fingerprint density at radius 2 is 1.67 bits per heavy atom. The maximum Gasteiger partial charge on any atom is 0.241 e. The van der Waals surface area contributed by atoms with Crippen molar-refractivity contribution in [1.82, 2.24) is 4.98 Å². The quantitative estimate of drug-likeness (QED) is 0.726. The monoisotopic (exact) mass is 328 g/mol. The predicted octanol–water partition coefficient (Wildman–Crippen LogP) is 0.120. The molecule has 0 radical (unpaired) electrons. The average Bonchev–Trinajstić information content (AvgIpc) is 2.37. The molecule has 8 nitrogen and oxygen atoms in total. The van der Waals surface area contributed by atoms with E-state index in [2.05, 4.69) is 10.3 Å². The fraction of sp³-hybridized carbons (Fsp3) is 0. The first kappa shape index (κ1) is 15.4. The molecular formula is C11H12N4O4S2. The number of benzene rings is 1. The first-order valence-electron chi connectivity index (χ1n) is 5.55. The molecule has 1 aromatic heterocycles. The Bertz CT molecular complexity index is 879. The van der Waals surface area contributed by atoms with E-state index in [4.69, 9.17) is 10.3 Å². The summed E-state index contributed by atoms with van der Waals surface area (Å²) in [6, 6.07) is 8.29. The Balaban J connectivity index is 2.45. The molecule has 0 aliphatic carbocycles. The molecule has 0 aliphatic heterocycles. The van der Waals surface area contributed by atoms with Gasteiger partial charge in [0.1, 0.15) is 4.90 Å². The van der Waals surface area contributed by atoms with Crippen LogP contribution in [0.4, 0.5) is 11.5 Å². The first-order chi connectivity index (χ1) is 9.68. The second kappa shape index (κ2) is 5.41. The highest BCUT2D eigenvalue weighted by Gasteiger charge is 2.15. The van der Waals surface area contributed by atoms with E-state index in [1.165, 1.54) is 42.6 Å². The molecule has 1 aromatic carbocycles. The number of hydrogen-bond donors (Lipinski definition) is 3. The SMILES string of the molecule is NS(=O)(=O)c1cccc(Nc2ncccc2S(N)(=O)=O)c1. The summed E-state index contributed by atoms with van der Waals surface area (Å²) in [6.07, 6.45) is 1.38. The molecule has 112 valence electrons. The first-order valence-corrected chi connectivity index (χ1v) is 8.65. The Morgan fingerprint density at radius 3 is 2.29 bits per heavy atom. The van der Waals surface area contributed by atoms with Gasteiger partial charge in [-0.2, -0.15) is 0 Å². The standard InChI is InChI=1S/C11H12N4O4S2/c12-20(16,17)9-4-1-3-8(7-9)15-11-10(21(13,18)19)5-2-6-14-11/h1-7H,(H,14,15)(H2,12,16,17)(H2,13,18,19). The number of aromatic nitrogens is 1. The molecule has 0 fully saturated rings. The smallest absolute Gasteiger partial charge is 0.241 e. The molecule has 0 amide bonds. The van der Waals surface area contributed by atoms with E-state index >= 15 is 0 Å². The normalized spacial score (nSPS) is 12.1. The number of primary sulfonamides is 2. The van der Waals surface area contributed by atoms with Crippen LogP contribution in [0.25, 0.3) is 0 Å². The molecule has 0 atom stereocenters. The molecule has 0 bridgehead atoms. The summed E-state index contributed by atoms with van der Waals surface area (Å²) in [5.41, 5.74) is 0.310. The lowest BCUT2D eigenvalue weighted by Crippen LogP contribution is -2.15. The number of nitrogens with zero attached hydrogens (tertiary/aromatic N) is 1. The minimum absolute atomic E-state index is 0.00781. The minimum Gasteiger partial charge on any atom is -0.339 e. The second-order valence-corrected chi connectivity index (χ2v) is 7.18. The van der Waals surface area contributed by atoms with E-state index in [0.717, 1.165) is 0 Å². The van der Waals surface area contributed by atoms with Gasteiger partial charge in [-0.15, -0.1) is 0 Å². The van der Waals surface area contributed by atoms with Crippen molar-refractivity contribution in [2.45, 2.75) is 9.79 Å². The van der Waals surface area contributed by atoms with E-state index in [9.17, 15) is 16.8 Å². The van der Waals surface area contributed by atoms with Crippen LogP contribution in [-0.2, 0) is 20.0 Å². The predicted molar refractivity (Wildman–Crippen MR) is 76.7 cm³/mol. The van der Waals surface area contributed by atoms with Crippen molar-refractivity contribution in [3.8, 4) is 0 Å². The number of pyridine rings is 1. The van der Waals surface area contributed by atoms with Crippen LogP contribution in [0.2, 0.25) is 0 Å². The van der Waals surface area contributed by atoms with Crippen LogP contribution in [0.5, 0.6) is 0 Å². The third kappa shape index (κ3) is 3.76. The van der Waals surface area contributed by atoms with Gasteiger partial charge in [-0.1, -0.05) is 6.07 Å². The van der Waals surface area contributed by atoms with Gasteiger partial charge in [-0.3, -0.25) is 0 Å². The zero-order valence-electron chi connectivity index (χ0n) is 10.6. The highest BCUT2D eigenvalue weighted by molar-refractivity contribution is 7.89. The number of anilines is 2. The van der Waals surface area contributed by atoms with Crippen molar-refractivity contribution in [3.63, 3.8) is 0 Å². The van der Waals surface area contributed by atoms with E-state index in [0.29, 0.717) is 5.69 Å². The van der Waals surface area contributed by atoms with Gasteiger partial charge in [-0.25, -0.2) is 32.1 Å². The van der Waals surface area contributed by atoms with E-state index in [-0.39, 0.29) is 15.6 Å². The van der Waals surface area contributed by atoms with Crippen molar-refractivity contribution >= 4 is 31.6 Å². The highest BCUT2D eigenvalue weighted by atomic mass is 32.2. The fourth-order valence-electron chi connectivity index (χ4n) is 1.60. The molecule has 10 heteroatoms. The Labute approximate surface area is 121 Å². The van der Waals surface area contributed by atoms with Gasteiger partial charge in [0.2, 0.25) is 20.0 Å². The molecule has 0 aliphatic rings. The van der Waals surface area contributed by atoms with Crippen LogP contribution in [0.1, 0.15) is 0 Å². The van der Waals surface area contributed by atoms with Gasteiger partial charge in [0, 0.05) is 11.9 Å². The molecule has 2 aromatic rings. The molecule has 0 unspecified atom stereocenters. The third-order valence-corrected chi connectivity index (χ3v) is 4.36. The fourth-order valence-corrected chi connectivity index (χ4v) is 2.80. The van der Waals surface area contributed by atoms with Crippen molar-refractivity contribution in [1.29, 1.82) is 0 Å². The Hall–Kier alpha value is -2.01. The molecular weight excluding hydrogens is 316 g/mol. The van der Waals surface area contributed by atoms with Crippen LogP contribution in [0.3, 0.4) is 0 Å². The summed E-state index contributed by atoms with van der Waals surface area (Å²) in [7, 11) is -7.82. The summed E-state index contributed by atoms with van der Waals surface area (Å²) in [6.45, 7) is 0. The molecule has 5 N–H and O–H groups in total. The van der Waals surface area contributed by atoms with E-state index < -0.39 is 20.0 Å². The maximum atomic E-state index is 11.5.